The van der Waals surface area contributed by atoms with Gasteiger partial charge in [-0.2, -0.15) is 0 Å². The van der Waals surface area contributed by atoms with Gasteiger partial charge in [0, 0.05) is 5.02 Å². The smallest absolute Gasteiger partial charge is 0.139 e. The summed E-state index contributed by atoms with van der Waals surface area (Å²) >= 11 is 11.5. The van der Waals surface area contributed by atoms with Crippen LogP contribution in [0.1, 0.15) is 13.3 Å². The summed E-state index contributed by atoms with van der Waals surface area (Å²) in [5, 5.41) is 11.4. The maximum Gasteiger partial charge on any atom is 0.139 e. The van der Waals surface area contributed by atoms with E-state index in [-0.39, 0.29) is 16.9 Å². The molecule has 0 saturated carbocycles. The molecule has 0 aliphatic carbocycles. The molecule has 0 heterocycles. The van der Waals surface area contributed by atoms with Gasteiger partial charge < -0.3 is 20.8 Å². The summed E-state index contributed by atoms with van der Waals surface area (Å²) in [6.45, 7) is 1.68. The number of carboxylic acids is 1. The van der Waals surface area contributed by atoms with E-state index in [4.69, 9.17) is 27.9 Å². The number of quaternary nitrogens is 1. The van der Waals surface area contributed by atoms with Gasteiger partial charge in [0.2, 0.25) is 0 Å². The number of ether oxygens (including phenoxy) is 1. The number of rotatable bonds is 4. The van der Waals surface area contributed by atoms with Crippen LogP contribution in [0, 0.1) is 0 Å². The third-order valence-electron chi connectivity index (χ3n) is 1.80. The molecule has 0 bridgehead atoms. The summed E-state index contributed by atoms with van der Waals surface area (Å²) in [7, 11) is 0. The van der Waals surface area contributed by atoms with E-state index < -0.39 is 12.1 Å². The van der Waals surface area contributed by atoms with E-state index in [1.807, 2.05) is 0 Å². The molecule has 1 aromatic rings. The molecular formula is C10H13Cl2NO3. The average Bonchev–Trinajstić information content (AvgIpc) is 2.16. The van der Waals surface area contributed by atoms with Gasteiger partial charge in [-0.15, -0.1) is 0 Å². The lowest BCUT2D eigenvalue weighted by molar-refractivity contribution is -0.313. The zero-order chi connectivity index (χ0) is 11.4. The van der Waals surface area contributed by atoms with E-state index in [9.17, 15) is 9.90 Å². The topological polar surface area (TPSA) is 85.9 Å². The highest BCUT2D eigenvalue weighted by Crippen LogP contribution is 2.28. The first-order valence-electron chi connectivity index (χ1n) is 4.37. The molecule has 0 spiro atoms. The quantitative estimate of drug-likeness (QED) is 0.906. The molecule has 1 aromatic carbocycles. The molecular weight excluding hydrogens is 253 g/mol. The number of aliphatic carboxylic acids is 1. The van der Waals surface area contributed by atoms with Crippen LogP contribution in [-0.4, -0.2) is 12.1 Å². The van der Waals surface area contributed by atoms with Crippen molar-refractivity contribution in [3.05, 3.63) is 28.2 Å². The number of carboxylic acid groups (broad SMARTS) is 1. The summed E-state index contributed by atoms with van der Waals surface area (Å²) in [6.07, 6.45) is -0.690. The predicted molar refractivity (Wildman–Crippen MR) is 62.2 cm³/mol. The van der Waals surface area contributed by atoms with Crippen LogP contribution in [0.25, 0.3) is 0 Å². The molecule has 0 aliphatic rings. The zero-order valence-corrected chi connectivity index (χ0v) is 10.5. The van der Waals surface area contributed by atoms with E-state index >= 15 is 0 Å². The Labute approximate surface area is 104 Å². The van der Waals surface area contributed by atoms with E-state index in [0.717, 1.165) is 0 Å². The Hall–Kier alpha value is -0.970. The summed E-state index contributed by atoms with van der Waals surface area (Å²) < 4.78 is 5.16. The number of hydrogen-bond donors (Lipinski definition) is 1. The molecule has 6 heteroatoms. The van der Waals surface area contributed by atoms with Crippen molar-refractivity contribution in [2.45, 2.75) is 19.4 Å². The summed E-state index contributed by atoms with van der Waals surface area (Å²) in [4.78, 5) is 10.6. The summed E-state index contributed by atoms with van der Waals surface area (Å²) in [5.74, 6) is -0.972. The van der Waals surface area contributed by atoms with Crippen molar-refractivity contribution in [1.29, 1.82) is 0 Å². The van der Waals surface area contributed by atoms with Crippen LogP contribution in [-0.2, 0) is 4.79 Å². The van der Waals surface area contributed by atoms with Crippen molar-refractivity contribution in [2.24, 2.45) is 0 Å². The lowest BCUT2D eigenvalue weighted by Crippen LogP contribution is -2.39. The lowest BCUT2D eigenvalue weighted by atomic mass is 10.2. The highest BCUT2D eigenvalue weighted by molar-refractivity contribution is 6.35. The normalized spacial score (nSPS) is 11.4. The van der Waals surface area contributed by atoms with Gasteiger partial charge in [0.1, 0.15) is 11.9 Å². The monoisotopic (exact) mass is 265 g/mol. The van der Waals surface area contributed by atoms with Crippen molar-refractivity contribution in [3.8, 4) is 5.75 Å². The second-order valence-electron chi connectivity index (χ2n) is 2.91. The fraction of sp³-hybridized carbons (Fsp3) is 0.300. The second kappa shape index (κ2) is 6.58. The molecule has 1 rings (SSSR count). The van der Waals surface area contributed by atoms with Crippen LogP contribution in [0.3, 0.4) is 0 Å². The van der Waals surface area contributed by atoms with E-state index in [1.54, 1.807) is 13.0 Å². The molecule has 0 aliphatic heterocycles. The maximum absolute atomic E-state index is 10.6. The van der Waals surface area contributed by atoms with E-state index in [0.29, 0.717) is 11.4 Å². The van der Waals surface area contributed by atoms with Gasteiger partial charge in [-0.3, -0.25) is 0 Å². The fourth-order valence-corrected chi connectivity index (χ4v) is 1.48. The Morgan fingerprint density at radius 3 is 2.56 bits per heavy atom. The number of benzene rings is 1. The molecule has 0 saturated heterocycles. The van der Waals surface area contributed by atoms with E-state index in [1.165, 1.54) is 12.1 Å². The lowest BCUT2D eigenvalue weighted by Gasteiger charge is -2.19. The molecule has 4 N–H and O–H groups in total. The standard InChI is InChI=1S/C10H10Cl2O3.H3N/c1-2-8(10(13)14)15-9-4-3-6(11)5-7(9)12;/h3-5,8H,2H2,1H3,(H,13,14);1H3. The Bertz CT molecular complexity index is 371. The Balaban J connectivity index is 0.00000225. The van der Waals surface area contributed by atoms with Crippen LogP contribution in [0.15, 0.2) is 18.2 Å². The fourth-order valence-electron chi connectivity index (χ4n) is 1.02. The predicted octanol–water partition coefficient (Wildman–Crippen LogP) is 2.28. The molecule has 90 valence electrons. The number of hydrogen-bond acceptors (Lipinski definition) is 3. The van der Waals surface area contributed by atoms with Crippen LogP contribution < -0.4 is 16.0 Å². The van der Waals surface area contributed by atoms with Crippen LogP contribution >= 0.6 is 23.2 Å². The molecule has 1 unspecified atom stereocenters. The third kappa shape index (κ3) is 3.89. The highest BCUT2D eigenvalue weighted by Gasteiger charge is 2.11. The molecule has 4 nitrogen and oxygen atoms in total. The molecule has 1 atom stereocenters. The van der Waals surface area contributed by atoms with Gasteiger partial charge in [0.15, 0.2) is 0 Å². The highest BCUT2D eigenvalue weighted by atomic mass is 35.5. The van der Waals surface area contributed by atoms with Gasteiger partial charge in [0.25, 0.3) is 0 Å². The maximum atomic E-state index is 10.6. The first-order chi connectivity index (χ1) is 7.04. The second-order valence-corrected chi connectivity index (χ2v) is 3.75. The van der Waals surface area contributed by atoms with Gasteiger partial charge >= 0.3 is 0 Å². The van der Waals surface area contributed by atoms with Crippen molar-refractivity contribution in [2.75, 3.05) is 0 Å². The first-order valence-corrected chi connectivity index (χ1v) is 5.12. The number of carbonyl (C=O) groups is 1. The van der Waals surface area contributed by atoms with Gasteiger partial charge in [0.05, 0.1) is 11.0 Å². The van der Waals surface area contributed by atoms with Gasteiger partial charge in [-0.1, -0.05) is 30.1 Å². The van der Waals surface area contributed by atoms with Gasteiger partial charge in [-0.25, -0.2) is 0 Å². The minimum atomic E-state index is -1.26. The molecule has 16 heavy (non-hydrogen) atoms. The number of carbonyl (C=O) groups excluding carboxylic acids is 1. The third-order valence-corrected chi connectivity index (χ3v) is 2.33. The molecule has 0 amide bonds. The van der Waals surface area contributed by atoms with Crippen LogP contribution in [0.4, 0.5) is 0 Å². The Morgan fingerprint density at radius 1 is 1.50 bits per heavy atom. The van der Waals surface area contributed by atoms with Crippen molar-refractivity contribution < 1.29 is 14.6 Å². The largest absolute Gasteiger partial charge is 0.546 e. The van der Waals surface area contributed by atoms with Crippen LogP contribution in [0.2, 0.25) is 10.0 Å². The summed E-state index contributed by atoms with van der Waals surface area (Å²) in [5.41, 5.74) is 0. The Kier molecular flexibility index (Phi) is 6.18. The average molecular weight is 266 g/mol. The molecule has 0 fully saturated rings. The first kappa shape index (κ1) is 15.0. The minimum Gasteiger partial charge on any atom is -0.546 e. The summed E-state index contributed by atoms with van der Waals surface area (Å²) in [6, 6.07) is 4.58. The van der Waals surface area contributed by atoms with Crippen molar-refractivity contribution in [1.82, 2.24) is 6.15 Å². The SMILES string of the molecule is CCC(Oc1ccc(Cl)cc1Cl)C(=O)[O-].[NH4+]. The Morgan fingerprint density at radius 2 is 2.12 bits per heavy atom. The zero-order valence-electron chi connectivity index (χ0n) is 9.00. The molecule has 0 aromatic heterocycles. The number of halogens is 2. The van der Waals surface area contributed by atoms with Crippen molar-refractivity contribution in [3.63, 3.8) is 0 Å². The van der Waals surface area contributed by atoms with Crippen molar-refractivity contribution >= 4 is 29.2 Å². The minimum absolute atomic E-state index is 0. The molecule has 0 radical (unpaired) electrons. The van der Waals surface area contributed by atoms with Crippen LogP contribution in [0.5, 0.6) is 5.75 Å². The van der Waals surface area contributed by atoms with E-state index in [2.05, 4.69) is 0 Å². The van der Waals surface area contributed by atoms with Gasteiger partial charge in [-0.05, 0) is 24.6 Å².